The van der Waals surface area contributed by atoms with Crippen molar-refractivity contribution in [2.45, 2.75) is 32.3 Å². The topological polar surface area (TPSA) is 47.9 Å². The lowest BCUT2D eigenvalue weighted by Gasteiger charge is -2.14. The molecule has 4 nitrogen and oxygen atoms in total. The summed E-state index contributed by atoms with van der Waals surface area (Å²) in [6, 6.07) is 5.38. The third-order valence-electron chi connectivity index (χ3n) is 2.96. The maximum Gasteiger partial charge on any atom is 0.161 e. The predicted octanol–water partition coefficient (Wildman–Crippen LogP) is 2.94. The lowest BCUT2D eigenvalue weighted by molar-refractivity contribution is 0.0344. The monoisotopic (exact) mass is 268 g/mol. The molecule has 108 valence electrons. The zero-order valence-electron chi connectivity index (χ0n) is 12.0. The van der Waals surface area contributed by atoms with Crippen LogP contribution in [0.3, 0.4) is 0 Å². The van der Waals surface area contributed by atoms with Crippen LogP contribution in [0.15, 0.2) is 18.2 Å². The van der Waals surface area contributed by atoms with E-state index < -0.39 is 6.10 Å². The Labute approximate surface area is 115 Å². The number of ether oxygens (including phenoxy) is 3. The van der Waals surface area contributed by atoms with Crippen molar-refractivity contribution in [2.75, 3.05) is 27.4 Å². The average Bonchev–Trinajstić information content (AvgIpc) is 2.46. The summed E-state index contributed by atoms with van der Waals surface area (Å²) < 4.78 is 15.8. The van der Waals surface area contributed by atoms with E-state index >= 15 is 0 Å². The van der Waals surface area contributed by atoms with E-state index in [1.165, 1.54) is 6.42 Å². The molecule has 0 aromatic heterocycles. The van der Waals surface area contributed by atoms with Crippen LogP contribution in [-0.4, -0.2) is 32.5 Å². The fraction of sp³-hybridized carbons (Fsp3) is 0.600. The molecule has 1 aromatic rings. The van der Waals surface area contributed by atoms with Crippen molar-refractivity contribution < 1.29 is 19.3 Å². The Morgan fingerprint density at radius 1 is 1.11 bits per heavy atom. The number of benzene rings is 1. The van der Waals surface area contributed by atoms with E-state index in [1.54, 1.807) is 26.4 Å². The van der Waals surface area contributed by atoms with Gasteiger partial charge in [0.05, 0.1) is 20.8 Å². The molecule has 0 aliphatic rings. The van der Waals surface area contributed by atoms with Gasteiger partial charge in [-0.2, -0.15) is 0 Å². The fourth-order valence-electron chi connectivity index (χ4n) is 1.81. The molecule has 1 unspecified atom stereocenters. The Morgan fingerprint density at radius 3 is 2.47 bits per heavy atom. The number of aliphatic hydroxyl groups excluding tert-OH is 1. The van der Waals surface area contributed by atoms with Gasteiger partial charge in [-0.25, -0.2) is 0 Å². The molecular formula is C15H24O4. The minimum atomic E-state index is -0.638. The minimum absolute atomic E-state index is 0.305. The molecule has 1 rings (SSSR count). The summed E-state index contributed by atoms with van der Waals surface area (Å²) in [4.78, 5) is 0. The summed E-state index contributed by atoms with van der Waals surface area (Å²) in [6.45, 7) is 3.15. The van der Waals surface area contributed by atoms with Gasteiger partial charge < -0.3 is 19.3 Å². The standard InChI is InChI=1S/C15H24O4/c1-4-5-6-9-19-11-13(16)12-7-8-14(17-2)15(10-12)18-3/h7-8,10,13,16H,4-6,9,11H2,1-3H3. The Bertz CT molecular complexity index is 365. The molecule has 0 saturated heterocycles. The first-order valence-electron chi connectivity index (χ1n) is 6.70. The molecule has 19 heavy (non-hydrogen) atoms. The van der Waals surface area contributed by atoms with E-state index in [2.05, 4.69) is 6.92 Å². The Balaban J connectivity index is 2.49. The van der Waals surface area contributed by atoms with Crippen LogP contribution in [0.5, 0.6) is 11.5 Å². The van der Waals surface area contributed by atoms with Gasteiger partial charge in [0, 0.05) is 6.61 Å². The predicted molar refractivity (Wildman–Crippen MR) is 74.8 cm³/mol. The van der Waals surface area contributed by atoms with Gasteiger partial charge in [0.1, 0.15) is 6.10 Å². The first-order valence-corrected chi connectivity index (χ1v) is 6.70. The molecular weight excluding hydrogens is 244 g/mol. The highest BCUT2D eigenvalue weighted by Crippen LogP contribution is 2.29. The fourth-order valence-corrected chi connectivity index (χ4v) is 1.81. The second kappa shape index (κ2) is 8.77. The summed E-state index contributed by atoms with van der Waals surface area (Å²) in [6.07, 6.45) is 2.73. The van der Waals surface area contributed by atoms with Crippen LogP contribution in [0.1, 0.15) is 37.9 Å². The summed E-state index contributed by atoms with van der Waals surface area (Å²) in [5, 5.41) is 10.0. The van der Waals surface area contributed by atoms with Gasteiger partial charge in [-0.15, -0.1) is 0 Å². The van der Waals surface area contributed by atoms with Gasteiger partial charge >= 0.3 is 0 Å². The van der Waals surface area contributed by atoms with Crippen molar-refractivity contribution in [1.82, 2.24) is 0 Å². The molecule has 0 aliphatic carbocycles. The Morgan fingerprint density at radius 2 is 1.84 bits per heavy atom. The number of aliphatic hydroxyl groups is 1. The quantitative estimate of drug-likeness (QED) is 0.699. The molecule has 0 bridgehead atoms. The Kier molecular flexibility index (Phi) is 7.30. The normalized spacial score (nSPS) is 12.2. The van der Waals surface area contributed by atoms with Crippen molar-refractivity contribution in [3.8, 4) is 11.5 Å². The van der Waals surface area contributed by atoms with Crippen LogP contribution in [0, 0.1) is 0 Å². The lowest BCUT2D eigenvalue weighted by Crippen LogP contribution is -2.08. The van der Waals surface area contributed by atoms with Gasteiger partial charge in [-0.05, 0) is 24.1 Å². The van der Waals surface area contributed by atoms with Crippen molar-refractivity contribution in [3.63, 3.8) is 0 Å². The SMILES string of the molecule is CCCCCOCC(O)c1ccc(OC)c(OC)c1. The second-order valence-electron chi connectivity index (χ2n) is 4.41. The minimum Gasteiger partial charge on any atom is -0.493 e. The summed E-state index contributed by atoms with van der Waals surface area (Å²) in [7, 11) is 3.17. The van der Waals surface area contributed by atoms with Crippen molar-refractivity contribution in [1.29, 1.82) is 0 Å². The number of methoxy groups -OCH3 is 2. The third-order valence-corrected chi connectivity index (χ3v) is 2.96. The largest absolute Gasteiger partial charge is 0.493 e. The van der Waals surface area contributed by atoms with Crippen LogP contribution in [0.25, 0.3) is 0 Å². The lowest BCUT2D eigenvalue weighted by atomic mass is 10.1. The zero-order valence-corrected chi connectivity index (χ0v) is 12.0. The molecule has 0 radical (unpaired) electrons. The van der Waals surface area contributed by atoms with Crippen LogP contribution < -0.4 is 9.47 Å². The average molecular weight is 268 g/mol. The Hall–Kier alpha value is -1.26. The molecule has 0 heterocycles. The molecule has 4 heteroatoms. The summed E-state index contributed by atoms with van der Waals surface area (Å²) in [5.74, 6) is 1.27. The molecule has 1 atom stereocenters. The highest BCUT2D eigenvalue weighted by Gasteiger charge is 2.11. The number of unbranched alkanes of at least 4 members (excludes halogenated alkanes) is 2. The highest BCUT2D eigenvalue weighted by molar-refractivity contribution is 5.43. The maximum atomic E-state index is 10.0. The first kappa shape index (κ1) is 15.8. The summed E-state index contributed by atoms with van der Waals surface area (Å²) in [5.41, 5.74) is 0.771. The maximum absolute atomic E-state index is 10.0. The molecule has 0 spiro atoms. The molecule has 1 N–H and O–H groups in total. The summed E-state index contributed by atoms with van der Waals surface area (Å²) >= 11 is 0. The highest BCUT2D eigenvalue weighted by atomic mass is 16.5. The van der Waals surface area contributed by atoms with Crippen LogP contribution >= 0.6 is 0 Å². The van der Waals surface area contributed by atoms with Gasteiger partial charge in [0.25, 0.3) is 0 Å². The third kappa shape index (κ3) is 5.09. The molecule has 0 aliphatic heterocycles. The van der Waals surface area contributed by atoms with E-state index in [9.17, 15) is 5.11 Å². The van der Waals surface area contributed by atoms with Crippen LogP contribution in [-0.2, 0) is 4.74 Å². The first-order chi connectivity index (χ1) is 9.22. The van der Waals surface area contributed by atoms with E-state index in [0.717, 1.165) is 18.4 Å². The molecule has 1 aromatic carbocycles. The number of rotatable bonds is 9. The molecule has 0 fully saturated rings. The van der Waals surface area contributed by atoms with Crippen LogP contribution in [0.4, 0.5) is 0 Å². The zero-order chi connectivity index (χ0) is 14.1. The van der Waals surface area contributed by atoms with E-state index in [4.69, 9.17) is 14.2 Å². The van der Waals surface area contributed by atoms with Gasteiger partial charge in [0.2, 0.25) is 0 Å². The molecule has 0 amide bonds. The molecule has 0 saturated carbocycles. The smallest absolute Gasteiger partial charge is 0.161 e. The number of hydrogen-bond donors (Lipinski definition) is 1. The van der Waals surface area contributed by atoms with Crippen molar-refractivity contribution >= 4 is 0 Å². The van der Waals surface area contributed by atoms with E-state index in [1.807, 2.05) is 6.07 Å². The number of hydrogen-bond acceptors (Lipinski definition) is 4. The van der Waals surface area contributed by atoms with Crippen molar-refractivity contribution in [2.24, 2.45) is 0 Å². The van der Waals surface area contributed by atoms with Gasteiger partial charge in [-0.1, -0.05) is 25.8 Å². The van der Waals surface area contributed by atoms with Crippen molar-refractivity contribution in [3.05, 3.63) is 23.8 Å². The van der Waals surface area contributed by atoms with Gasteiger partial charge in [-0.3, -0.25) is 0 Å². The van der Waals surface area contributed by atoms with Gasteiger partial charge in [0.15, 0.2) is 11.5 Å². The van der Waals surface area contributed by atoms with E-state index in [-0.39, 0.29) is 0 Å². The second-order valence-corrected chi connectivity index (χ2v) is 4.41. The van der Waals surface area contributed by atoms with Crippen LogP contribution in [0.2, 0.25) is 0 Å². The van der Waals surface area contributed by atoms with E-state index in [0.29, 0.717) is 24.7 Å².